The van der Waals surface area contributed by atoms with E-state index in [1.807, 2.05) is 12.1 Å². The van der Waals surface area contributed by atoms with E-state index in [9.17, 15) is 14.0 Å². The number of carbonyl (C=O) groups is 2. The number of esters is 1. The summed E-state index contributed by atoms with van der Waals surface area (Å²) >= 11 is 0. The van der Waals surface area contributed by atoms with Gasteiger partial charge >= 0.3 is 5.97 Å². The van der Waals surface area contributed by atoms with Crippen LogP contribution in [-0.2, 0) is 20.7 Å². The summed E-state index contributed by atoms with van der Waals surface area (Å²) in [5.74, 6) is -0.378. The second-order valence-electron chi connectivity index (χ2n) is 6.90. The van der Waals surface area contributed by atoms with Gasteiger partial charge in [-0.1, -0.05) is 24.3 Å². The summed E-state index contributed by atoms with van der Waals surface area (Å²) in [6.45, 7) is 5.85. The molecule has 1 amide bonds. The zero-order valence-electron chi connectivity index (χ0n) is 16.9. The molecule has 0 aliphatic heterocycles. The lowest BCUT2D eigenvalue weighted by Gasteiger charge is -2.24. The van der Waals surface area contributed by atoms with Gasteiger partial charge < -0.3 is 14.8 Å². The van der Waals surface area contributed by atoms with E-state index in [2.05, 4.69) is 5.32 Å². The Morgan fingerprint density at radius 3 is 2.34 bits per heavy atom. The van der Waals surface area contributed by atoms with E-state index in [1.54, 1.807) is 51.1 Å². The highest BCUT2D eigenvalue weighted by Crippen LogP contribution is 2.20. The molecule has 154 valence electrons. The van der Waals surface area contributed by atoms with Gasteiger partial charge in [0.15, 0.2) is 5.60 Å². The van der Waals surface area contributed by atoms with Crippen LogP contribution in [-0.4, -0.2) is 30.6 Å². The van der Waals surface area contributed by atoms with Crippen molar-refractivity contribution < 1.29 is 23.5 Å². The Morgan fingerprint density at radius 2 is 1.72 bits per heavy atom. The van der Waals surface area contributed by atoms with Crippen LogP contribution in [0, 0.1) is 5.82 Å². The van der Waals surface area contributed by atoms with E-state index in [0.29, 0.717) is 25.3 Å². The van der Waals surface area contributed by atoms with E-state index < -0.39 is 11.6 Å². The third kappa shape index (κ3) is 7.41. The Labute approximate surface area is 170 Å². The smallest absolute Gasteiger partial charge is 0.349 e. The summed E-state index contributed by atoms with van der Waals surface area (Å²) in [7, 11) is 0. The predicted molar refractivity (Wildman–Crippen MR) is 110 cm³/mol. The second-order valence-corrected chi connectivity index (χ2v) is 6.90. The Hall–Kier alpha value is -3.15. The average molecular weight is 399 g/mol. The molecule has 0 radical (unpaired) electrons. The number of halogens is 1. The molecule has 5 nitrogen and oxygen atoms in total. The Kier molecular flexibility index (Phi) is 7.95. The predicted octanol–water partition coefficient (Wildman–Crippen LogP) is 3.92. The molecule has 2 aromatic carbocycles. The SMILES string of the molecule is CCOC(=O)C(C)(C)Oc1ccc(CCNC(=O)C=Cc2ccc(F)cc2)cc1. The summed E-state index contributed by atoms with van der Waals surface area (Å²) < 4.78 is 23.6. The largest absolute Gasteiger partial charge is 0.476 e. The van der Waals surface area contributed by atoms with Gasteiger partial charge in [-0.05, 0) is 68.7 Å². The third-order valence-corrected chi connectivity index (χ3v) is 4.07. The quantitative estimate of drug-likeness (QED) is 0.513. The average Bonchev–Trinajstić information content (AvgIpc) is 2.69. The number of ether oxygens (including phenoxy) is 2. The van der Waals surface area contributed by atoms with Gasteiger partial charge in [-0.2, -0.15) is 0 Å². The lowest BCUT2D eigenvalue weighted by atomic mass is 10.1. The zero-order valence-corrected chi connectivity index (χ0v) is 16.9. The van der Waals surface area contributed by atoms with Crippen LogP contribution >= 0.6 is 0 Å². The van der Waals surface area contributed by atoms with Crippen molar-refractivity contribution in [3.63, 3.8) is 0 Å². The van der Waals surface area contributed by atoms with Crippen molar-refractivity contribution in [1.82, 2.24) is 5.32 Å². The fraction of sp³-hybridized carbons (Fsp3) is 0.304. The lowest BCUT2D eigenvalue weighted by molar-refractivity contribution is -0.158. The molecule has 0 heterocycles. The number of hydrogen-bond acceptors (Lipinski definition) is 4. The van der Waals surface area contributed by atoms with Crippen LogP contribution in [0.3, 0.4) is 0 Å². The van der Waals surface area contributed by atoms with Gasteiger partial charge in [0.1, 0.15) is 11.6 Å². The van der Waals surface area contributed by atoms with Crippen LogP contribution < -0.4 is 10.1 Å². The highest BCUT2D eigenvalue weighted by atomic mass is 19.1. The molecule has 0 bridgehead atoms. The molecule has 0 aromatic heterocycles. The minimum atomic E-state index is -1.07. The molecule has 0 saturated heterocycles. The Balaban J connectivity index is 1.79. The Bertz CT molecular complexity index is 842. The lowest BCUT2D eigenvalue weighted by Crippen LogP contribution is -2.39. The topological polar surface area (TPSA) is 64.6 Å². The van der Waals surface area contributed by atoms with Crippen LogP contribution in [0.15, 0.2) is 54.6 Å². The summed E-state index contributed by atoms with van der Waals surface area (Å²) in [6.07, 6.45) is 3.70. The zero-order chi connectivity index (χ0) is 21.3. The standard InChI is InChI=1S/C23H26FNO4/c1-4-28-22(27)23(2,3)29-20-12-7-18(8-13-20)15-16-25-21(26)14-9-17-5-10-19(24)11-6-17/h5-14H,4,15-16H2,1-3H3,(H,25,26). The number of hydrogen-bond donors (Lipinski definition) is 1. The van der Waals surface area contributed by atoms with Crippen LogP contribution in [0.4, 0.5) is 4.39 Å². The number of rotatable bonds is 9. The van der Waals surface area contributed by atoms with Crippen LogP contribution in [0.1, 0.15) is 31.9 Å². The van der Waals surface area contributed by atoms with Crippen molar-refractivity contribution in [2.24, 2.45) is 0 Å². The van der Waals surface area contributed by atoms with Crippen molar-refractivity contribution in [2.45, 2.75) is 32.8 Å². The van der Waals surface area contributed by atoms with E-state index in [4.69, 9.17) is 9.47 Å². The molecule has 0 atom stereocenters. The van der Waals surface area contributed by atoms with Gasteiger partial charge in [0, 0.05) is 12.6 Å². The minimum Gasteiger partial charge on any atom is -0.476 e. The van der Waals surface area contributed by atoms with E-state index in [0.717, 1.165) is 11.1 Å². The summed E-state index contributed by atoms with van der Waals surface area (Å²) in [6, 6.07) is 13.2. The van der Waals surface area contributed by atoms with Crippen molar-refractivity contribution in [3.8, 4) is 5.75 Å². The molecule has 0 aliphatic carbocycles. The van der Waals surface area contributed by atoms with Gasteiger partial charge in [0.2, 0.25) is 5.91 Å². The molecule has 29 heavy (non-hydrogen) atoms. The monoisotopic (exact) mass is 399 g/mol. The van der Waals surface area contributed by atoms with E-state index >= 15 is 0 Å². The van der Waals surface area contributed by atoms with Gasteiger partial charge in [-0.15, -0.1) is 0 Å². The second kappa shape index (κ2) is 10.4. The van der Waals surface area contributed by atoms with E-state index in [-0.39, 0.29) is 11.7 Å². The first kappa shape index (κ1) is 22.1. The van der Waals surface area contributed by atoms with Crippen LogP contribution in [0.5, 0.6) is 5.75 Å². The molecule has 0 fully saturated rings. The van der Waals surface area contributed by atoms with Gasteiger partial charge in [-0.25, -0.2) is 9.18 Å². The first-order valence-corrected chi connectivity index (χ1v) is 9.47. The Morgan fingerprint density at radius 1 is 1.07 bits per heavy atom. The maximum absolute atomic E-state index is 12.9. The molecule has 0 spiro atoms. The van der Waals surface area contributed by atoms with Gasteiger partial charge in [0.05, 0.1) is 6.61 Å². The summed E-state index contributed by atoms with van der Waals surface area (Å²) in [5, 5.41) is 2.80. The fourth-order valence-electron chi connectivity index (χ4n) is 2.50. The molecular formula is C23H26FNO4. The summed E-state index contributed by atoms with van der Waals surface area (Å²) in [4.78, 5) is 23.8. The first-order valence-electron chi connectivity index (χ1n) is 9.47. The maximum atomic E-state index is 12.9. The third-order valence-electron chi connectivity index (χ3n) is 4.07. The molecule has 2 rings (SSSR count). The van der Waals surface area contributed by atoms with Crippen molar-refractivity contribution in [2.75, 3.05) is 13.2 Å². The van der Waals surface area contributed by atoms with Crippen LogP contribution in [0.25, 0.3) is 6.08 Å². The van der Waals surface area contributed by atoms with E-state index in [1.165, 1.54) is 18.2 Å². The normalized spacial score (nSPS) is 11.3. The number of amides is 1. The summed E-state index contributed by atoms with van der Waals surface area (Å²) in [5.41, 5.74) is 0.708. The van der Waals surface area contributed by atoms with Gasteiger partial charge in [0.25, 0.3) is 0 Å². The molecule has 0 saturated carbocycles. The van der Waals surface area contributed by atoms with Gasteiger partial charge in [-0.3, -0.25) is 4.79 Å². The van der Waals surface area contributed by atoms with Crippen LogP contribution in [0.2, 0.25) is 0 Å². The fourth-order valence-corrected chi connectivity index (χ4v) is 2.50. The maximum Gasteiger partial charge on any atom is 0.349 e. The molecule has 6 heteroatoms. The van der Waals surface area contributed by atoms with Crippen molar-refractivity contribution in [1.29, 1.82) is 0 Å². The molecule has 1 N–H and O–H groups in total. The highest BCUT2D eigenvalue weighted by Gasteiger charge is 2.31. The van der Waals surface area contributed by atoms with Crippen molar-refractivity contribution >= 4 is 18.0 Å². The molecule has 0 unspecified atom stereocenters. The number of benzene rings is 2. The highest BCUT2D eigenvalue weighted by molar-refractivity contribution is 5.91. The minimum absolute atomic E-state index is 0.217. The van der Waals surface area contributed by atoms with Crippen molar-refractivity contribution in [3.05, 3.63) is 71.6 Å². The molecule has 0 aliphatic rings. The molecular weight excluding hydrogens is 373 g/mol. The number of carbonyl (C=O) groups excluding carboxylic acids is 2. The first-order chi connectivity index (χ1) is 13.8. The number of nitrogens with one attached hydrogen (secondary N) is 1. The molecule has 2 aromatic rings.